The number of aromatic nitrogens is 1. The first-order valence-electron chi connectivity index (χ1n) is 10.1. The van der Waals surface area contributed by atoms with E-state index in [-0.39, 0.29) is 18.9 Å². The second kappa shape index (κ2) is 10.3. The van der Waals surface area contributed by atoms with E-state index in [0.29, 0.717) is 34.2 Å². The molecule has 0 spiro atoms. The van der Waals surface area contributed by atoms with Crippen molar-refractivity contribution in [2.24, 2.45) is 0 Å². The van der Waals surface area contributed by atoms with Crippen molar-refractivity contribution in [3.63, 3.8) is 0 Å². The van der Waals surface area contributed by atoms with Gasteiger partial charge in [0.15, 0.2) is 11.5 Å². The van der Waals surface area contributed by atoms with Gasteiger partial charge in [-0.15, -0.1) is 11.3 Å². The van der Waals surface area contributed by atoms with Crippen molar-refractivity contribution in [1.82, 2.24) is 5.16 Å². The van der Waals surface area contributed by atoms with Gasteiger partial charge in [-0.05, 0) is 57.0 Å². The molecule has 0 aliphatic carbocycles. The third-order valence-electron chi connectivity index (χ3n) is 4.92. The van der Waals surface area contributed by atoms with Crippen LogP contribution in [0, 0.1) is 13.8 Å². The van der Waals surface area contributed by atoms with Crippen LogP contribution in [-0.4, -0.2) is 37.9 Å². The molecule has 0 saturated carbocycles. The van der Waals surface area contributed by atoms with Gasteiger partial charge in [-0.25, -0.2) is 4.79 Å². The van der Waals surface area contributed by atoms with Crippen LogP contribution in [-0.2, 0) is 16.0 Å². The highest BCUT2D eigenvalue weighted by Crippen LogP contribution is 2.39. The number of thiophene rings is 1. The number of carbonyl (C=O) groups is 2. The summed E-state index contributed by atoms with van der Waals surface area (Å²) in [5.41, 5.74) is 2.94. The van der Waals surface area contributed by atoms with Crippen LogP contribution in [0.5, 0.6) is 11.5 Å². The summed E-state index contributed by atoms with van der Waals surface area (Å²) in [7, 11) is 3.13. The zero-order chi connectivity index (χ0) is 23.3. The van der Waals surface area contributed by atoms with Crippen molar-refractivity contribution in [3.05, 3.63) is 46.2 Å². The minimum atomic E-state index is -0.481. The Balaban J connectivity index is 1.85. The van der Waals surface area contributed by atoms with Crippen LogP contribution >= 0.6 is 11.3 Å². The predicted molar refractivity (Wildman–Crippen MR) is 122 cm³/mol. The number of carbonyl (C=O) groups excluding carboxylic acids is 2. The molecule has 0 saturated heterocycles. The topological polar surface area (TPSA) is 99.9 Å². The number of nitrogens with one attached hydrogen (secondary N) is 1. The molecule has 32 heavy (non-hydrogen) atoms. The minimum Gasteiger partial charge on any atom is -0.493 e. The van der Waals surface area contributed by atoms with Crippen LogP contribution in [0.2, 0.25) is 0 Å². The third kappa shape index (κ3) is 5.11. The normalized spacial score (nSPS) is 10.7. The van der Waals surface area contributed by atoms with Crippen molar-refractivity contribution >= 4 is 28.9 Å². The van der Waals surface area contributed by atoms with Crippen molar-refractivity contribution in [3.8, 4) is 21.9 Å². The Bertz CT molecular complexity index is 1100. The maximum atomic E-state index is 12.6. The Morgan fingerprint density at radius 1 is 1.12 bits per heavy atom. The van der Waals surface area contributed by atoms with Crippen LogP contribution in [0.4, 0.5) is 5.69 Å². The van der Waals surface area contributed by atoms with Gasteiger partial charge in [0.1, 0.15) is 10.6 Å². The van der Waals surface area contributed by atoms with Crippen molar-refractivity contribution in [2.45, 2.75) is 33.6 Å². The van der Waals surface area contributed by atoms with Crippen molar-refractivity contribution in [2.75, 3.05) is 26.1 Å². The molecule has 0 aliphatic rings. The number of anilines is 1. The summed E-state index contributed by atoms with van der Waals surface area (Å²) >= 11 is 1.25. The van der Waals surface area contributed by atoms with E-state index in [1.807, 2.05) is 26.0 Å². The molecule has 1 amide bonds. The molecule has 2 heterocycles. The highest BCUT2D eigenvalue weighted by atomic mass is 32.1. The van der Waals surface area contributed by atoms with Gasteiger partial charge in [0.05, 0.1) is 32.2 Å². The number of hydrogen-bond acceptors (Lipinski definition) is 8. The summed E-state index contributed by atoms with van der Waals surface area (Å²) in [6.45, 7) is 5.64. The second-order valence-corrected chi connectivity index (χ2v) is 8.05. The largest absolute Gasteiger partial charge is 0.493 e. The molecule has 0 bridgehead atoms. The molecule has 1 aromatic carbocycles. The summed E-state index contributed by atoms with van der Waals surface area (Å²) < 4.78 is 21.0. The van der Waals surface area contributed by atoms with Gasteiger partial charge in [-0.2, -0.15) is 0 Å². The molecule has 0 unspecified atom stereocenters. The van der Waals surface area contributed by atoms with Gasteiger partial charge in [-0.1, -0.05) is 5.16 Å². The average Bonchev–Trinajstić information content (AvgIpc) is 3.34. The lowest BCUT2D eigenvalue weighted by Gasteiger charge is -2.08. The van der Waals surface area contributed by atoms with Crippen molar-refractivity contribution < 1.29 is 28.3 Å². The number of ether oxygens (including phenoxy) is 3. The molecule has 9 heteroatoms. The lowest BCUT2D eigenvalue weighted by atomic mass is 10.1. The van der Waals surface area contributed by atoms with E-state index in [0.717, 1.165) is 21.7 Å². The molecule has 0 aliphatic heterocycles. The Morgan fingerprint density at radius 3 is 2.50 bits per heavy atom. The Hall–Kier alpha value is -3.33. The lowest BCUT2D eigenvalue weighted by Crippen LogP contribution is -2.15. The number of hydrogen-bond donors (Lipinski definition) is 1. The molecule has 8 nitrogen and oxygen atoms in total. The number of rotatable bonds is 9. The van der Waals surface area contributed by atoms with E-state index in [2.05, 4.69) is 10.5 Å². The first-order chi connectivity index (χ1) is 15.4. The van der Waals surface area contributed by atoms with Gasteiger partial charge in [0.25, 0.3) is 0 Å². The molecule has 0 radical (unpaired) electrons. The highest BCUT2D eigenvalue weighted by Gasteiger charge is 2.21. The second-order valence-electron chi connectivity index (χ2n) is 6.99. The van der Waals surface area contributed by atoms with E-state index in [4.69, 9.17) is 18.7 Å². The fraction of sp³-hybridized carbons (Fsp3) is 0.348. The first kappa shape index (κ1) is 23.3. The minimum absolute atomic E-state index is 0.216. The van der Waals surface area contributed by atoms with Crippen LogP contribution in [0.3, 0.4) is 0 Å². The van der Waals surface area contributed by atoms with Crippen LogP contribution in [0.15, 0.2) is 28.8 Å². The van der Waals surface area contributed by atoms with Crippen molar-refractivity contribution in [1.29, 1.82) is 0 Å². The fourth-order valence-electron chi connectivity index (χ4n) is 3.27. The predicted octanol–water partition coefficient (Wildman–Crippen LogP) is 4.79. The first-order valence-corrected chi connectivity index (χ1v) is 10.9. The van der Waals surface area contributed by atoms with Gasteiger partial charge in [-0.3, -0.25) is 4.79 Å². The van der Waals surface area contributed by atoms with E-state index < -0.39 is 5.97 Å². The summed E-state index contributed by atoms with van der Waals surface area (Å²) in [6.07, 6.45) is 0.723. The summed E-state index contributed by atoms with van der Waals surface area (Å²) in [5, 5.41) is 6.77. The van der Waals surface area contributed by atoms with Crippen LogP contribution in [0.25, 0.3) is 10.4 Å². The molecule has 2 aromatic heterocycles. The number of aryl methyl sites for hydroxylation is 2. The smallest absolute Gasteiger partial charge is 0.350 e. The summed E-state index contributed by atoms with van der Waals surface area (Å²) in [6, 6.07) is 7.25. The lowest BCUT2D eigenvalue weighted by molar-refractivity contribution is -0.116. The van der Waals surface area contributed by atoms with E-state index in [9.17, 15) is 9.59 Å². The monoisotopic (exact) mass is 458 g/mol. The number of amides is 1. The molecule has 0 atom stereocenters. The van der Waals surface area contributed by atoms with Gasteiger partial charge in [0, 0.05) is 16.9 Å². The zero-order valence-electron chi connectivity index (χ0n) is 18.7. The quantitative estimate of drug-likeness (QED) is 0.460. The average molecular weight is 459 g/mol. The molecule has 3 rings (SSSR count). The van der Waals surface area contributed by atoms with E-state index >= 15 is 0 Å². The number of nitrogens with zero attached hydrogens (tertiary/aromatic N) is 1. The fourth-order valence-corrected chi connectivity index (χ4v) is 4.28. The maximum absolute atomic E-state index is 12.6. The number of benzene rings is 1. The molecular formula is C23H26N2O6S. The molecule has 3 aromatic rings. The van der Waals surface area contributed by atoms with E-state index in [1.54, 1.807) is 33.3 Å². The summed E-state index contributed by atoms with van der Waals surface area (Å²) in [5.74, 6) is 1.18. The maximum Gasteiger partial charge on any atom is 0.350 e. The molecule has 0 fully saturated rings. The van der Waals surface area contributed by atoms with Gasteiger partial charge in [0.2, 0.25) is 5.91 Å². The molecule has 170 valence electrons. The third-order valence-corrected chi connectivity index (χ3v) is 6.08. The number of esters is 1. The highest BCUT2D eigenvalue weighted by molar-refractivity contribution is 7.18. The number of methoxy groups -OCH3 is 2. The standard InChI is InChI=1S/C23H26N2O6S/c1-6-30-23(27)22-17(24-21(26)10-8-16-13(2)25-31-14(16)3)12-20(32-22)15-7-9-18(28-4)19(11-15)29-5/h7,9,11-12H,6,8,10H2,1-5H3,(H,24,26). The zero-order valence-corrected chi connectivity index (χ0v) is 19.6. The Kier molecular flexibility index (Phi) is 7.53. The molecular weight excluding hydrogens is 432 g/mol. The SMILES string of the molecule is CCOC(=O)c1sc(-c2ccc(OC)c(OC)c2)cc1NC(=O)CCc1c(C)noc1C. The molecule has 1 N–H and O–H groups in total. The van der Waals surface area contributed by atoms with Gasteiger partial charge < -0.3 is 24.1 Å². The summed E-state index contributed by atoms with van der Waals surface area (Å²) in [4.78, 5) is 26.3. The Labute approximate surface area is 190 Å². The Morgan fingerprint density at radius 2 is 1.88 bits per heavy atom. The van der Waals surface area contributed by atoms with E-state index in [1.165, 1.54) is 11.3 Å². The van der Waals surface area contributed by atoms with Gasteiger partial charge >= 0.3 is 5.97 Å². The van der Waals surface area contributed by atoms with Crippen LogP contribution < -0.4 is 14.8 Å². The van der Waals surface area contributed by atoms with Crippen LogP contribution in [0.1, 0.15) is 40.0 Å².